The maximum absolute atomic E-state index is 13.0. The number of nitrogens with zero attached hydrogens (tertiary/aromatic N) is 4. The number of hydrogen-bond donors (Lipinski definition) is 1. The second kappa shape index (κ2) is 7.20. The predicted molar refractivity (Wildman–Crippen MR) is 88.6 cm³/mol. The smallest absolute Gasteiger partial charge is 0.325 e. The topological polar surface area (TPSA) is 72.7 Å². The predicted octanol–water partition coefficient (Wildman–Crippen LogP) is 3.83. The number of anilines is 1. The van der Waals surface area contributed by atoms with E-state index in [9.17, 15) is 18.0 Å². The number of carbonyl (C=O) groups excluding carboxylic acids is 1. The molecule has 0 bridgehead atoms. The summed E-state index contributed by atoms with van der Waals surface area (Å²) in [5.74, 6) is -0.752. The van der Waals surface area contributed by atoms with Crippen molar-refractivity contribution in [1.82, 2.24) is 20.2 Å². The monoisotopic (exact) mass is 393 g/mol. The molecule has 1 N–H and O–H groups in total. The van der Waals surface area contributed by atoms with Crippen LogP contribution in [0.5, 0.6) is 0 Å². The molecule has 2 rings (SSSR count). The van der Waals surface area contributed by atoms with Crippen molar-refractivity contribution in [2.75, 3.05) is 11.1 Å². The Morgan fingerprint density at radius 3 is 2.60 bits per heavy atom. The van der Waals surface area contributed by atoms with Gasteiger partial charge in [-0.1, -0.05) is 23.4 Å². The van der Waals surface area contributed by atoms with Crippen molar-refractivity contribution in [3.8, 4) is 0 Å². The van der Waals surface area contributed by atoms with E-state index in [4.69, 9.17) is 11.6 Å². The number of halogens is 4. The standard InChI is InChI=1S/C14H15ClF3N5OS/c1-13(2,3)23-12(20-21-22-23)25-7-11(24)19-10-5-4-8(15)6-9(10)14(16,17)18/h4-6H,7H2,1-3H3,(H,19,24). The third-order valence-corrected chi connectivity index (χ3v) is 4.12. The average Bonchev–Trinajstić information content (AvgIpc) is 2.94. The maximum Gasteiger partial charge on any atom is 0.418 e. The molecule has 0 aliphatic heterocycles. The van der Waals surface area contributed by atoms with E-state index in [2.05, 4.69) is 20.8 Å². The van der Waals surface area contributed by atoms with Gasteiger partial charge in [0.2, 0.25) is 11.1 Å². The van der Waals surface area contributed by atoms with Crippen molar-refractivity contribution >= 4 is 35.0 Å². The zero-order valence-electron chi connectivity index (χ0n) is 13.6. The molecule has 0 unspecified atom stereocenters. The summed E-state index contributed by atoms with van der Waals surface area (Å²) >= 11 is 6.64. The van der Waals surface area contributed by atoms with Gasteiger partial charge in [0, 0.05) is 5.02 Å². The van der Waals surface area contributed by atoms with E-state index in [1.165, 1.54) is 10.7 Å². The first-order valence-corrected chi connectivity index (χ1v) is 8.43. The SMILES string of the molecule is CC(C)(C)n1nnnc1SCC(=O)Nc1ccc(Cl)cc1C(F)(F)F. The van der Waals surface area contributed by atoms with Crippen LogP contribution in [0.25, 0.3) is 0 Å². The second-order valence-electron chi connectivity index (χ2n) is 6.07. The van der Waals surface area contributed by atoms with E-state index in [-0.39, 0.29) is 22.0 Å². The van der Waals surface area contributed by atoms with Crippen LogP contribution in [0, 0.1) is 0 Å². The summed E-state index contributed by atoms with van der Waals surface area (Å²) in [6, 6.07) is 3.16. The Labute approximate surface area is 151 Å². The Hall–Kier alpha value is -1.81. The van der Waals surface area contributed by atoms with E-state index in [1.54, 1.807) is 0 Å². The van der Waals surface area contributed by atoms with Gasteiger partial charge in [-0.25, -0.2) is 4.68 Å². The fourth-order valence-electron chi connectivity index (χ4n) is 1.87. The van der Waals surface area contributed by atoms with Crippen molar-refractivity contribution in [2.45, 2.75) is 37.6 Å². The molecule has 2 aromatic rings. The van der Waals surface area contributed by atoms with Crippen LogP contribution in [-0.4, -0.2) is 31.9 Å². The van der Waals surface area contributed by atoms with Gasteiger partial charge in [0.25, 0.3) is 0 Å². The number of aromatic nitrogens is 4. The summed E-state index contributed by atoms with van der Waals surface area (Å²) in [4.78, 5) is 12.0. The lowest BCUT2D eigenvalue weighted by Crippen LogP contribution is -2.25. The van der Waals surface area contributed by atoms with Crippen molar-refractivity contribution in [3.63, 3.8) is 0 Å². The first-order valence-electron chi connectivity index (χ1n) is 7.07. The Bertz CT molecular complexity index is 773. The van der Waals surface area contributed by atoms with Gasteiger partial charge in [0.15, 0.2) is 0 Å². The second-order valence-corrected chi connectivity index (χ2v) is 7.45. The normalized spacial score (nSPS) is 12.3. The molecular formula is C14H15ClF3N5OS. The van der Waals surface area contributed by atoms with Crippen LogP contribution in [0.4, 0.5) is 18.9 Å². The van der Waals surface area contributed by atoms with Gasteiger partial charge in [0.1, 0.15) is 0 Å². The zero-order valence-corrected chi connectivity index (χ0v) is 15.1. The highest BCUT2D eigenvalue weighted by atomic mass is 35.5. The summed E-state index contributed by atoms with van der Waals surface area (Å²) in [5, 5.41) is 13.8. The van der Waals surface area contributed by atoms with Gasteiger partial charge < -0.3 is 5.32 Å². The van der Waals surface area contributed by atoms with E-state index >= 15 is 0 Å². The largest absolute Gasteiger partial charge is 0.418 e. The molecule has 6 nitrogen and oxygen atoms in total. The summed E-state index contributed by atoms with van der Waals surface area (Å²) in [6.07, 6.45) is -4.63. The molecule has 1 aromatic heterocycles. The van der Waals surface area contributed by atoms with Crippen LogP contribution in [0.15, 0.2) is 23.4 Å². The van der Waals surface area contributed by atoms with Gasteiger partial charge >= 0.3 is 6.18 Å². The third-order valence-electron chi connectivity index (χ3n) is 2.97. The number of rotatable bonds is 4. The van der Waals surface area contributed by atoms with Gasteiger partial charge in [-0.05, 0) is 49.4 Å². The molecule has 0 atom stereocenters. The van der Waals surface area contributed by atoms with Gasteiger partial charge in [-0.3, -0.25) is 4.79 Å². The molecule has 0 aliphatic carbocycles. The first-order chi connectivity index (χ1) is 11.5. The fraction of sp³-hybridized carbons (Fsp3) is 0.429. The molecule has 1 heterocycles. The van der Waals surface area contributed by atoms with E-state index in [0.29, 0.717) is 5.16 Å². The fourth-order valence-corrected chi connectivity index (χ4v) is 2.90. The first kappa shape index (κ1) is 19.5. The Kier molecular flexibility index (Phi) is 5.62. The maximum atomic E-state index is 13.0. The average molecular weight is 394 g/mol. The quantitative estimate of drug-likeness (QED) is 0.799. The van der Waals surface area contributed by atoms with Crippen LogP contribution >= 0.6 is 23.4 Å². The molecule has 0 fully saturated rings. The van der Waals surface area contributed by atoms with Crippen LogP contribution in [0.3, 0.4) is 0 Å². The molecule has 0 spiro atoms. The van der Waals surface area contributed by atoms with Crippen LogP contribution < -0.4 is 5.32 Å². The molecule has 25 heavy (non-hydrogen) atoms. The number of nitrogens with one attached hydrogen (secondary N) is 1. The van der Waals surface area contributed by atoms with Crippen molar-refractivity contribution < 1.29 is 18.0 Å². The minimum Gasteiger partial charge on any atom is -0.325 e. The summed E-state index contributed by atoms with van der Waals surface area (Å²) in [5.41, 5.74) is -1.74. The highest BCUT2D eigenvalue weighted by molar-refractivity contribution is 7.99. The molecule has 0 saturated heterocycles. The number of benzene rings is 1. The van der Waals surface area contributed by atoms with Crippen LogP contribution in [-0.2, 0) is 16.5 Å². The Balaban J connectivity index is 2.09. The van der Waals surface area contributed by atoms with Crippen molar-refractivity contribution in [2.24, 2.45) is 0 Å². The lowest BCUT2D eigenvalue weighted by Gasteiger charge is -2.19. The molecule has 0 saturated carbocycles. The van der Waals surface area contributed by atoms with Gasteiger partial charge in [-0.2, -0.15) is 13.2 Å². The lowest BCUT2D eigenvalue weighted by molar-refractivity contribution is -0.137. The van der Waals surface area contributed by atoms with Gasteiger partial charge in [-0.15, -0.1) is 5.10 Å². The number of hydrogen-bond acceptors (Lipinski definition) is 5. The molecule has 0 radical (unpaired) electrons. The molecule has 11 heteroatoms. The van der Waals surface area contributed by atoms with Gasteiger partial charge in [0.05, 0.1) is 22.5 Å². The highest BCUT2D eigenvalue weighted by Gasteiger charge is 2.34. The number of thioether (sulfide) groups is 1. The summed E-state index contributed by atoms with van der Waals surface area (Å²) in [7, 11) is 0. The molecular weight excluding hydrogens is 379 g/mol. The van der Waals surface area contributed by atoms with Crippen molar-refractivity contribution in [3.05, 3.63) is 28.8 Å². The zero-order chi connectivity index (χ0) is 18.8. The number of carbonyl (C=O) groups is 1. The summed E-state index contributed by atoms with van der Waals surface area (Å²) < 4.78 is 40.6. The molecule has 136 valence electrons. The van der Waals surface area contributed by atoms with E-state index in [0.717, 1.165) is 23.9 Å². The minimum atomic E-state index is -4.63. The molecule has 1 amide bonds. The van der Waals surface area contributed by atoms with Crippen LogP contribution in [0.1, 0.15) is 26.3 Å². The molecule has 1 aromatic carbocycles. The third kappa shape index (κ3) is 5.08. The Morgan fingerprint density at radius 2 is 2.00 bits per heavy atom. The van der Waals surface area contributed by atoms with Crippen molar-refractivity contribution in [1.29, 1.82) is 0 Å². The van der Waals surface area contributed by atoms with E-state index in [1.807, 2.05) is 20.8 Å². The highest BCUT2D eigenvalue weighted by Crippen LogP contribution is 2.36. The lowest BCUT2D eigenvalue weighted by atomic mass is 10.1. The number of alkyl halides is 3. The Morgan fingerprint density at radius 1 is 1.32 bits per heavy atom. The number of tetrazole rings is 1. The van der Waals surface area contributed by atoms with Crippen LogP contribution in [0.2, 0.25) is 5.02 Å². The minimum absolute atomic E-state index is 0.0657. The number of amides is 1. The van der Waals surface area contributed by atoms with E-state index < -0.39 is 17.6 Å². The molecule has 0 aliphatic rings. The summed E-state index contributed by atoms with van der Waals surface area (Å²) in [6.45, 7) is 5.66.